The predicted molar refractivity (Wildman–Crippen MR) is 95.6 cm³/mol. The van der Waals surface area contributed by atoms with E-state index in [0.717, 1.165) is 20.6 Å². The van der Waals surface area contributed by atoms with Crippen LogP contribution in [-0.2, 0) is 6.61 Å². The molecule has 0 amide bonds. The van der Waals surface area contributed by atoms with E-state index in [1.165, 1.54) is 6.07 Å². The number of hydrogen-bond acceptors (Lipinski definition) is 4. The summed E-state index contributed by atoms with van der Waals surface area (Å²) in [6.07, 6.45) is 0. The van der Waals surface area contributed by atoms with Crippen LogP contribution < -0.4 is 10.2 Å². The van der Waals surface area contributed by atoms with Crippen molar-refractivity contribution in [3.05, 3.63) is 73.0 Å². The average molecular weight is 454 g/mol. The Kier molecular flexibility index (Phi) is 4.73. The predicted octanol–water partition coefficient (Wildman–Crippen LogP) is 4.60. The second-order valence-electron chi connectivity index (χ2n) is 4.93. The van der Waals surface area contributed by atoms with Crippen molar-refractivity contribution in [2.45, 2.75) is 6.61 Å². The van der Waals surface area contributed by atoms with Crippen molar-refractivity contribution in [3.8, 4) is 5.75 Å². The monoisotopic (exact) mass is 452 g/mol. The Morgan fingerprint density at radius 2 is 1.96 bits per heavy atom. The molecule has 1 aromatic heterocycles. The Balaban J connectivity index is 1.98. The fourth-order valence-corrected chi connectivity index (χ4v) is 3.36. The smallest absolute Gasteiger partial charge is 0.371 e. The van der Waals surface area contributed by atoms with E-state index in [9.17, 15) is 9.59 Å². The summed E-state index contributed by atoms with van der Waals surface area (Å²) in [6, 6.07) is 11.5. The molecule has 3 aromatic rings. The third kappa shape index (κ3) is 3.37. The average Bonchev–Trinajstić information content (AvgIpc) is 2.53. The number of ether oxygens (including phenoxy) is 1. The molecule has 0 saturated heterocycles. The minimum atomic E-state index is -1.29. The molecule has 0 fully saturated rings. The summed E-state index contributed by atoms with van der Waals surface area (Å²) in [5.41, 5.74) is 0.619. The Morgan fingerprint density at radius 1 is 1.17 bits per heavy atom. The summed E-state index contributed by atoms with van der Waals surface area (Å²) in [5, 5.41) is 9.19. The van der Waals surface area contributed by atoms with E-state index in [-0.39, 0.29) is 17.6 Å². The largest absolute Gasteiger partial charge is 0.488 e. The molecular formula is C17H10Br2O5. The van der Waals surface area contributed by atoms with Gasteiger partial charge in [0.1, 0.15) is 23.3 Å². The van der Waals surface area contributed by atoms with Gasteiger partial charge >= 0.3 is 5.97 Å². The number of hydrogen-bond donors (Lipinski definition) is 1. The zero-order valence-corrected chi connectivity index (χ0v) is 15.3. The molecule has 5 nitrogen and oxygen atoms in total. The van der Waals surface area contributed by atoms with Gasteiger partial charge in [-0.05, 0) is 24.3 Å². The Hall–Kier alpha value is -2.12. The first-order valence-corrected chi connectivity index (χ1v) is 8.41. The lowest BCUT2D eigenvalue weighted by molar-refractivity contribution is 0.0663. The second-order valence-corrected chi connectivity index (χ2v) is 6.70. The van der Waals surface area contributed by atoms with E-state index in [0.29, 0.717) is 5.75 Å². The van der Waals surface area contributed by atoms with Gasteiger partial charge in [-0.1, -0.05) is 44.0 Å². The maximum atomic E-state index is 12.2. The number of carboxylic acids is 1. The normalized spacial score (nSPS) is 10.8. The number of rotatable bonds is 4. The van der Waals surface area contributed by atoms with Crippen LogP contribution in [0.25, 0.3) is 11.0 Å². The summed E-state index contributed by atoms with van der Waals surface area (Å²) in [4.78, 5) is 23.2. The lowest BCUT2D eigenvalue weighted by Gasteiger charge is -2.10. The highest BCUT2D eigenvalue weighted by atomic mass is 79.9. The third-order valence-corrected chi connectivity index (χ3v) is 4.56. The number of carbonyl (C=O) groups is 1. The highest BCUT2D eigenvalue weighted by molar-refractivity contribution is 9.11. The zero-order valence-electron chi connectivity index (χ0n) is 12.1. The molecule has 0 radical (unpaired) electrons. The molecular weight excluding hydrogens is 444 g/mol. The number of aromatic carboxylic acids is 1. The molecule has 3 rings (SSSR count). The maximum Gasteiger partial charge on any atom is 0.371 e. The van der Waals surface area contributed by atoms with Gasteiger partial charge in [-0.15, -0.1) is 0 Å². The van der Waals surface area contributed by atoms with Crippen LogP contribution >= 0.6 is 31.9 Å². The van der Waals surface area contributed by atoms with Gasteiger partial charge in [0.05, 0.1) is 0 Å². The summed E-state index contributed by atoms with van der Waals surface area (Å²) in [6.45, 7) is 0.243. The van der Waals surface area contributed by atoms with Crippen molar-refractivity contribution in [2.75, 3.05) is 0 Å². The number of benzene rings is 2. The molecule has 0 aliphatic heterocycles. The first-order chi connectivity index (χ1) is 11.5. The fraction of sp³-hybridized carbons (Fsp3) is 0.0588. The lowest BCUT2D eigenvalue weighted by Crippen LogP contribution is -2.08. The SMILES string of the molecule is O=C(O)c1cc(=O)c2c(OCc3ccc(Br)cc3Br)cccc2o1. The minimum absolute atomic E-state index is 0.173. The molecule has 7 heteroatoms. The van der Waals surface area contributed by atoms with Crippen LogP contribution in [0.15, 0.2) is 60.6 Å². The third-order valence-electron chi connectivity index (χ3n) is 3.33. The molecule has 0 atom stereocenters. The standard InChI is InChI=1S/C17H10Br2O5/c18-10-5-4-9(11(19)6-10)8-23-13-2-1-3-14-16(13)12(20)7-15(24-14)17(21)22/h1-7H,8H2,(H,21,22). The van der Waals surface area contributed by atoms with Crippen molar-refractivity contribution >= 4 is 48.8 Å². The minimum Gasteiger partial charge on any atom is -0.488 e. The van der Waals surface area contributed by atoms with Crippen molar-refractivity contribution in [1.82, 2.24) is 0 Å². The van der Waals surface area contributed by atoms with E-state index in [4.69, 9.17) is 14.3 Å². The van der Waals surface area contributed by atoms with Crippen molar-refractivity contribution in [3.63, 3.8) is 0 Å². The zero-order chi connectivity index (χ0) is 17.3. The molecule has 0 spiro atoms. The molecule has 0 unspecified atom stereocenters. The van der Waals surface area contributed by atoms with E-state index in [1.54, 1.807) is 12.1 Å². The van der Waals surface area contributed by atoms with Crippen LogP contribution in [0.4, 0.5) is 0 Å². The van der Waals surface area contributed by atoms with Gasteiger partial charge in [-0.3, -0.25) is 4.79 Å². The maximum absolute atomic E-state index is 12.2. The molecule has 0 aliphatic carbocycles. The molecule has 0 saturated carbocycles. The molecule has 24 heavy (non-hydrogen) atoms. The molecule has 1 N–H and O–H groups in total. The van der Waals surface area contributed by atoms with Crippen molar-refractivity contribution in [1.29, 1.82) is 0 Å². The highest BCUT2D eigenvalue weighted by Gasteiger charge is 2.14. The number of halogens is 2. The van der Waals surface area contributed by atoms with Gasteiger partial charge in [-0.25, -0.2) is 4.79 Å². The van der Waals surface area contributed by atoms with E-state index in [2.05, 4.69) is 31.9 Å². The van der Waals surface area contributed by atoms with Gasteiger partial charge in [0, 0.05) is 20.6 Å². The lowest BCUT2D eigenvalue weighted by atomic mass is 10.2. The molecule has 2 aromatic carbocycles. The topological polar surface area (TPSA) is 76.7 Å². The Morgan fingerprint density at radius 3 is 2.67 bits per heavy atom. The van der Waals surface area contributed by atoms with Gasteiger partial charge in [0.25, 0.3) is 0 Å². The van der Waals surface area contributed by atoms with Crippen LogP contribution in [0.3, 0.4) is 0 Å². The van der Waals surface area contributed by atoms with Crippen LogP contribution in [0.5, 0.6) is 5.75 Å². The van der Waals surface area contributed by atoms with Gasteiger partial charge < -0.3 is 14.3 Å². The van der Waals surface area contributed by atoms with Crippen LogP contribution in [-0.4, -0.2) is 11.1 Å². The van der Waals surface area contributed by atoms with Crippen molar-refractivity contribution in [2.24, 2.45) is 0 Å². The van der Waals surface area contributed by atoms with E-state index < -0.39 is 17.2 Å². The van der Waals surface area contributed by atoms with Crippen LogP contribution in [0, 0.1) is 0 Å². The highest BCUT2D eigenvalue weighted by Crippen LogP contribution is 2.27. The molecule has 0 aliphatic rings. The van der Waals surface area contributed by atoms with Gasteiger partial charge in [-0.2, -0.15) is 0 Å². The van der Waals surface area contributed by atoms with E-state index in [1.807, 2.05) is 18.2 Å². The molecule has 0 bridgehead atoms. The molecule has 1 heterocycles. The summed E-state index contributed by atoms with van der Waals surface area (Å²) in [5.74, 6) is -1.35. The second kappa shape index (κ2) is 6.78. The van der Waals surface area contributed by atoms with Gasteiger partial charge in [0.2, 0.25) is 5.76 Å². The fourth-order valence-electron chi connectivity index (χ4n) is 2.20. The van der Waals surface area contributed by atoms with Gasteiger partial charge in [0.15, 0.2) is 5.43 Å². The summed E-state index contributed by atoms with van der Waals surface area (Å²) < 4.78 is 12.8. The van der Waals surface area contributed by atoms with Crippen LogP contribution in [0.2, 0.25) is 0 Å². The Labute approximate surface area is 153 Å². The Bertz CT molecular complexity index is 994. The summed E-state index contributed by atoms with van der Waals surface area (Å²) >= 11 is 6.84. The first-order valence-electron chi connectivity index (χ1n) is 6.82. The number of carboxylic acid groups (broad SMARTS) is 1. The van der Waals surface area contributed by atoms with Crippen LogP contribution in [0.1, 0.15) is 16.1 Å². The molecule has 122 valence electrons. The first kappa shape index (κ1) is 16.7. The van der Waals surface area contributed by atoms with Crippen molar-refractivity contribution < 1.29 is 19.1 Å². The van der Waals surface area contributed by atoms with E-state index >= 15 is 0 Å². The summed E-state index contributed by atoms with van der Waals surface area (Å²) in [7, 11) is 0. The quantitative estimate of drug-likeness (QED) is 0.624. The number of fused-ring (bicyclic) bond motifs is 1.